The standard InChI is InChI=1S/C12H23NO3/c1-10(2)13(6-5-12(14)15)8-11-4-3-7-16-9-11/h10-11H,3-9H2,1-2H3,(H,14,15). The highest BCUT2D eigenvalue weighted by Gasteiger charge is 2.19. The molecule has 0 amide bonds. The summed E-state index contributed by atoms with van der Waals surface area (Å²) in [6.45, 7) is 7.55. The maximum absolute atomic E-state index is 10.6. The molecule has 0 bridgehead atoms. The van der Waals surface area contributed by atoms with Gasteiger partial charge in [0.2, 0.25) is 0 Å². The third-order valence-corrected chi connectivity index (χ3v) is 3.09. The van der Waals surface area contributed by atoms with E-state index in [1.165, 1.54) is 6.42 Å². The fraction of sp³-hybridized carbons (Fsp3) is 0.917. The van der Waals surface area contributed by atoms with Gasteiger partial charge in [-0.3, -0.25) is 9.69 Å². The van der Waals surface area contributed by atoms with Gasteiger partial charge in [-0.1, -0.05) is 0 Å². The minimum Gasteiger partial charge on any atom is -0.481 e. The lowest BCUT2D eigenvalue weighted by atomic mass is 10.0. The van der Waals surface area contributed by atoms with Gasteiger partial charge in [-0.2, -0.15) is 0 Å². The van der Waals surface area contributed by atoms with E-state index in [2.05, 4.69) is 18.7 Å². The zero-order valence-corrected chi connectivity index (χ0v) is 10.3. The first-order valence-corrected chi connectivity index (χ1v) is 6.13. The molecule has 0 aromatic rings. The largest absolute Gasteiger partial charge is 0.481 e. The van der Waals surface area contributed by atoms with Crippen molar-refractivity contribution in [2.45, 2.75) is 39.2 Å². The van der Waals surface area contributed by atoms with Crippen LogP contribution in [0.5, 0.6) is 0 Å². The van der Waals surface area contributed by atoms with Crippen LogP contribution >= 0.6 is 0 Å². The van der Waals surface area contributed by atoms with Gasteiger partial charge in [0.05, 0.1) is 13.0 Å². The van der Waals surface area contributed by atoms with Crippen molar-refractivity contribution in [2.24, 2.45) is 5.92 Å². The molecule has 1 aliphatic heterocycles. The van der Waals surface area contributed by atoms with Gasteiger partial charge in [-0.25, -0.2) is 0 Å². The van der Waals surface area contributed by atoms with Gasteiger partial charge in [0.25, 0.3) is 0 Å². The second-order valence-electron chi connectivity index (χ2n) is 4.82. The third kappa shape index (κ3) is 4.94. The molecule has 1 unspecified atom stereocenters. The Hall–Kier alpha value is -0.610. The molecular weight excluding hydrogens is 206 g/mol. The van der Waals surface area contributed by atoms with Crippen LogP contribution < -0.4 is 0 Å². The van der Waals surface area contributed by atoms with Crippen LogP contribution in [0.4, 0.5) is 0 Å². The topological polar surface area (TPSA) is 49.8 Å². The molecular formula is C12H23NO3. The first kappa shape index (κ1) is 13.5. The predicted molar refractivity (Wildman–Crippen MR) is 62.5 cm³/mol. The number of ether oxygens (including phenoxy) is 1. The Labute approximate surface area is 97.6 Å². The van der Waals surface area contributed by atoms with Crippen LogP contribution in [0.1, 0.15) is 33.1 Å². The lowest BCUT2D eigenvalue weighted by molar-refractivity contribution is -0.137. The number of hydrogen-bond donors (Lipinski definition) is 1. The van der Waals surface area contributed by atoms with Crippen LogP contribution in [0.2, 0.25) is 0 Å². The summed E-state index contributed by atoms with van der Waals surface area (Å²) in [7, 11) is 0. The van der Waals surface area contributed by atoms with Gasteiger partial charge in [0.1, 0.15) is 0 Å². The molecule has 1 aliphatic rings. The predicted octanol–water partition coefficient (Wildman–Crippen LogP) is 1.60. The summed E-state index contributed by atoms with van der Waals surface area (Å²) in [5.74, 6) is -0.143. The molecule has 1 N–H and O–H groups in total. The van der Waals surface area contributed by atoms with Crippen molar-refractivity contribution in [1.29, 1.82) is 0 Å². The van der Waals surface area contributed by atoms with Crippen molar-refractivity contribution in [3.63, 3.8) is 0 Å². The molecule has 16 heavy (non-hydrogen) atoms. The number of carboxylic acid groups (broad SMARTS) is 1. The Morgan fingerprint density at radius 3 is 2.81 bits per heavy atom. The van der Waals surface area contributed by atoms with Crippen molar-refractivity contribution < 1.29 is 14.6 Å². The summed E-state index contributed by atoms with van der Waals surface area (Å²) in [5, 5.41) is 8.70. The highest BCUT2D eigenvalue weighted by molar-refractivity contribution is 5.66. The van der Waals surface area contributed by atoms with E-state index >= 15 is 0 Å². The molecule has 4 heteroatoms. The SMILES string of the molecule is CC(C)N(CCC(=O)O)CC1CCCOC1. The van der Waals surface area contributed by atoms with Gasteiger partial charge in [-0.15, -0.1) is 0 Å². The number of carboxylic acids is 1. The Morgan fingerprint density at radius 2 is 2.31 bits per heavy atom. The highest BCUT2D eigenvalue weighted by Crippen LogP contribution is 2.16. The molecule has 0 aromatic heterocycles. The van der Waals surface area contributed by atoms with E-state index in [1.807, 2.05) is 0 Å². The molecule has 94 valence electrons. The van der Waals surface area contributed by atoms with E-state index in [0.717, 1.165) is 26.2 Å². The van der Waals surface area contributed by atoms with Crippen LogP contribution in [-0.2, 0) is 9.53 Å². The normalized spacial score (nSPS) is 21.6. The van der Waals surface area contributed by atoms with E-state index in [0.29, 0.717) is 18.5 Å². The fourth-order valence-corrected chi connectivity index (χ4v) is 2.08. The number of rotatable bonds is 6. The lowest BCUT2D eigenvalue weighted by Gasteiger charge is -2.32. The number of carbonyl (C=O) groups is 1. The van der Waals surface area contributed by atoms with E-state index in [1.54, 1.807) is 0 Å². The summed E-state index contributed by atoms with van der Waals surface area (Å²) in [5.41, 5.74) is 0. The number of aliphatic carboxylic acids is 1. The highest BCUT2D eigenvalue weighted by atomic mass is 16.5. The molecule has 0 saturated carbocycles. The molecule has 0 aromatic carbocycles. The molecule has 1 rings (SSSR count). The van der Waals surface area contributed by atoms with Gasteiger partial charge in [-0.05, 0) is 32.6 Å². The first-order valence-electron chi connectivity index (χ1n) is 6.13. The summed E-state index contributed by atoms with van der Waals surface area (Å²) >= 11 is 0. The van der Waals surface area contributed by atoms with Gasteiger partial charge >= 0.3 is 5.97 Å². The summed E-state index contributed by atoms with van der Waals surface area (Å²) in [6, 6.07) is 0.404. The summed E-state index contributed by atoms with van der Waals surface area (Å²) in [6.07, 6.45) is 2.57. The van der Waals surface area contributed by atoms with Crippen molar-refractivity contribution in [1.82, 2.24) is 4.90 Å². The van der Waals surface area contributed by atoms with Gasteiger partial charge in [0, 0.05) is 25.7 Å². The van der Waals surface area contributed by atoms with Crippen molar-refractivity contribution in [3.8, 4) is 0 Å². The van der Waals surface area contributed by atoms with E-state index in [-0.39, 0.29) is 6.42 Å². The van der Waals surface area contributed by atoms with E-state index in [9.17, 15) is 4.79 Å². The molecule has 1 fully saturated rings. The van der Waals surface area contributed by atoms with Crippen molar-refractivity contribution in [3.05, 3.63) is 0 Å². The van der Waals surface area contributed by atoms with E-state index in [4.69, 9.17) is 9.84 Å². The lowest BCUT2D eigenvalue weighted by Crippen LogP contribution is -2.39. The molecule has 1 saturated heterocycles. The number of hydrogen-bond acceptors (Lipinski definition) is 3. The minimum atomic E-state index is -0.717. The summed E-state index contributed by atoms with van der Waals surface area (Å²) < 4.78 is 5.45. The quantitative estimate of drug-likeness (QED) is 0.751. The average Bonchev–Trinajstić information content (AvgIpc) is 2.25. The maximum Gasteiger partial charge on any atom is 0.304 e. The maximum atomic E-state index is 10.6. The smallest absolute Gasteiger partial charge is 0.304 e. The van der Waals surface area contributed by atoms with Crippen molar-refractivity contribution in [2.75, 3.05) is 26.3 Å². The molecule has 0 radical (unpaired) electrons. The molecule has 4 nitrogen and oxygen atoms in total. The Balaban J connectivity index is 2.34. The first-order chi connectivity index (χ1) is 7.59. The monoisotopic (exact) mass is 229 g/mol. The van der Waals surface area contributed by atoms with Crippen LogP contribution in [0.15, 0.2) is 0 Å². The summed E-state index contributed by atoms with van der Waals surface area (Å²) in [4.78, 5) is 12.8. The average molecular weight is 229 g/mol. The van der Waals surface area contributed by atoms with Crippen LogP contribution in [0.25, 0.3) is 0 Å². The second-order valence-corrected chi connectivity index (χ2v) is 4.82. The Kier molecular flexibility index (Phi) is 5.77. The fourth-order valence-electron chi connectivity index (χ4n) is 2.08. The molecule has 1 atom stereocenters. The molecule has 1 heterocycles. The third-order valence-electron chi connectivity index (χ3n) is 3.09. The molecule has 0 spiro atoms. The number of nitrogens with zero attached hydrogens (tertiary/aromatic N) is 1. The van der Waals surface area contributed by atoms with Gasteiger partial charge in [0.15, 0.2) is 0 Å². The van der Waals surface area contributed by atoms with E-state index < -0.39 is 5.97 Å². The Morgan fingerprint density at radius 1 is 1.56 bits per heavy atom. The van der Waals surface area contributed by atoms with Crippen LogP contribution in [0, 0.1) is 5.92 Å². The van der Waals surface area contributed by atoms with Crippen molar-refractivity contribution >= 4 is 5.97 Å². The zero-order valence-electron chi connectivity index (χ0n) is 10.3. The molecule has 0 aliphatic carbocycles. The minimum absolute atomic E-state index is 0.228. The van der Waals surface area contributed by atoms with Crippen LogP contribution in [0.3, 0.4) is 0 Å². The Bertz CT molecular complexity index is 212. The van der Waals surface area contributed by atoms with Gasteiger partial charge < -0.3 is 9.84 Å². The van der Waals surface area contributed by atoms with Crippen LogP contribution in [-0.4, -0.2) is 48.3 Å². The second kappa shape index (κ2) is 6.86. The zero-order chi connectivity index (χ0) is 12.0.